The molecule has 6 rings (SSSR count). The van der Waals surface area contributed by atoms with E-state index in [1.165, 1.54) is 11.1 Å². The molecule has 4 aromatic rings. The average molecular weight is 645 g/mol. The molecule has 15 heteroatoms. The van der Waals surface area contributed by atoms with Crippen molar-refractivity contribution < 1.29 is 17.9 Å². The maximum Gasteiger partial charge on any atom is 0.211 e. The number of aromatic nitrogens is 5. The average Bonchev–Trinajstić information content (AvgIpc) is 3.57. The molecule has 2 aliphatic rings. The Labute approximate surface area is 257 Å². The van der Waals surface area contributed by atoms with Crippen LogP contribution in [-0.2, 0) is 32.8 Å². The summed E-state index contributed by atoms with van der Waals surface area (Å²) >= 11 is 1.67. The Hall–Kier alpha value is -2.53. The fraction of sp³-hybridized carbons (Fsp3) is 0.571. The Morgan fingerprint density at radius 1 is 1.02 bits per heavy atom. The van der Waals surface area contributed by atoms with Gasteiger partial charge in [-0.3, -0.25) is 9.47 Å². The van der Waals surface area contributed by atoms with Gasteiger partial charge in [-0.15, -0.1) is 11.3 Å². The van der Waals surface area contributed by atoms with Crippen molar-refractivity contribution in [2.24, 2.45) is 0 Å². The van der Waals surface area contributed by atoms with Gasteiger partial charge in [-0.05, 0) is 18.2 Å². The molecule has 0 saturated carbocycles. The molecule has 4 aromatic heterocycles. The smallest absolute Gasteiger partial charge is 0.211 e. The highest BCUT2D eigenvalue weighted by Gasteiger charge is 2.25. The monoisotopic (exact) mass is 644 g/mol. The van der Waals surface area contributed by atoms with Crippen molar-refractivity contribution in [2.45, 2.75) is 39.0 Å². The Morgan fingerprint density at radius 2 is 1.79 bits per heavy atom. The molecule has 0 aliphatic carbocycles. The third-order valence-electron chi connectivity index (χ3n) is 7.85. The Kier molecular flexibility index (Phi) is 8.83. The van der Waals surface area contributed by atoms with Crippen molar-refractivity contribution in [3.63, 3.8) is 0 Å². The summed E-state index contributed by atoms with van der Waals surface area (Å²) in [6, 6.07) is 5.32. The highest BCUT2D eigenvalue weighted by atomic mass is 32.2. The second-order valence-electron chi connectivity index (χ2n) is 12.5. The van der Waals surface area contributed by atoms with Crippen LogP contribution in [-0.4, -0.2) is 116 Å². The molecule has 6 heterocycles. The predicted octanol–water partition coefficient (Wildman–Crippen LogP) is 3.33. The lowest BCUT2D eigenvalue weighted by molar-refractivity contribution is 0.0895. The summed E-state index contributed by atoms with van der Waals surface area (Å²) in [7, 11) is -4.30. The first-order valence-electron chi connectivity index (χ1n) is 14.7. The fourth-order valence-corrected chi connectivity index (χ4v) is 7.97. The van der Waals surface area contributed by atoms with E-state index in [-0.39, 0.29) is 0 Å². The van der Waals surface area contributed by atoms with E-state index in [2.05, 4.69) is 40.5 Å². The summed E-state index contributed by atoms with van der Waals surface area (Å²) in [6.07, 6.45) is 4.88. The third kappa shape index (κ3) is 7.24. The standard InChI is InChI=1S/C28H40N8O4S2Si/c1-42(37,38)36-7-5-33(6-8-36)18-22-16-23-26(34-9-11-39-12-10-34)31-25(32-28(23)41-22)21-15-24-27(29-17-21)35(19-30-24)20-40-13-14-43(2,3)4/h15-17,19H,5-14,18,20H2,1-4H3. The van der Waals surface area contributed by atoms with Gasteiger partial charge in [-0.1, -0.05) is 19.6 Å². The van der Waals surface area contributed by atoms with Crippen LogP contribution in [0.3, 0.4) is 0 Å². The van der Waals surface area contributed by atoms with Gasteiger partial charge in [-0.25, -0.2) is 28.4 Å². The molecule has 0 N–H and O–H groups in total. The van der Waals surface area contributed by atoms with E-state index in [4.69, 9.17) is 24.4 Å². The van der Waals surface area contributed by atoms with Crippen LogP contribution in [0.5, 0.6) is 0 Å². The molecular weight excluding hydrogens is 605 g/mol. The van der Waals surface area contributed by atoms with Crippen LogP contribution in [0.4, 0.5) is 5.82 Å². The van der Waals surface area contributed by atoms with Crippen LogP contribution in [0.15, 0.2) is 24.7 Å². The number of piperazine rings is 1. The summed E-state index contributed by atoms with van der Waals surface area (Å²) in [5.74, 6) is 1.54. The number of fused-ring (bicyclic) bond motifs is 2. The molecule has 0 atom stereocenters. The van der Waals surface area contributed by atoms with Gasteiger partial charge in [0.05, 0.1) is 31.2 Å². The van der Waals surface area contributed by atoms with E-state index in [0.29, 0.717) is 51.9 Å². The molecule has 232 valence electrons. The lowest BCUT2D eigenvalue weighted by atomic mass is 10.2. The number of imidazole rings is 1. The van der Waals surface area contributed by atoms with Crippen molar-refractivity contribution in [1.82, 2.24) is 33.7 Å². The molecule has 0 amide bonds. The second kappa shape index (κ2) is 12.5. The highest BCUT2D eigenvalue weighted by molar-refractivity contribution is 7.88. The third-order valence-corrected chi connectivity index (χ3v) is 11.9. The summed E-state index contributed by atoms with van der Waals surface area (Å²) in [5.41, 5.74) is 2.38. The number of pyridine rings is 1. The largest absolute Gasteiger partial charge is 0.378 e. The molecule has 12 nitrogen and oxygen atoms in total. The number of sulfonamides is 1. The van der Waals surface area contributed by atoms with Gasteiger partial charge < -0.3 is 14.4 Å². The van der Waals surface area contributed by atoms with Crippen molar-refractivity contribution in [3.8, 4) is 11.4 Å². The van der Waals surface area contributed by atoms with E-state index in [0.717, 1.165) is 65.0 Å². The summed E-state index contributed by atoms with van der Waals surface area (Å²) in [6.45, 7) is 14.3. The lowest BCUT2D eigenvalue weighted by Gasteiger charge is -2.32. The minimum Gasteiger partial charge on any atom is -0.378 e. The molecule has 0 spiro atoms. The van der Waals surface area contributed by atoms with Crippen LogP contribution in [0, 0.1) is 0 Å². The molecule has 2 fully saturated rings. The van der Waals surface area contributed by atoms with E-state index >= 15 is 0 Å². The van der Waals surface area contributed by atoms with Crippen molar-refractivity contribution in [1.29, 1.82) is 0 Å². The van der Waals surface area contributed by atoms with E-state index in [1.807, 2.05) is 16.8 Å². The second-order valence-corrected chi connectivity index (χ2v) is 21.2. The number of nitrogens with zero attached hydrogens (tertiary/aromatic N) is 8. The number of rotatable bonds is 10. The van der Waals surface area contributed by atoms with Gasteiger partial charge in [0.15, 0.2) is 11.5 Å². The molecule has 2 aliphatic heterocycles. The van der Waals surface area contributed by atoms with Crippen molar-refractivity contribution >= 4 is 56.6 Å². The summed E-state index contributed by atoms with van der Waals surface area (Å²) < 4.78 is 38.9. The molecule has 0 unspecified atom stereocenters. The SMILES string of the molecule is C[Si](C)(C)CCOCn1cnc2cc(-c3nc(N4CCOCC4)c4cc(CN5CCN(S(C)(=O)=O)CC5)sc4n3)cnc21. The van der Waals surface area contributed by atoms with Crippen molar-refractivity contribution in [2.75, 3.05) is 70.2 Å². The van der Waals surface area contributed by atoms with E-state index < -0.39 is 18.1 Å². The zero-order valence-corrected chi connectivity index (χ0v) is 28.0. The maximum atomic E-state index is 11.9. The normalized spacial score (nSPS) is 17.8. The predicted molar refractivity (Wildman–Crippen MR) is 173 cm³/mol. The van der Waals surface area contributed by atoms with E-state index in [1.54, 1.807) is 22.0 Å². The fourth-order valence-electron chi connectivity index (χ4n) is 5.33. The van der Waals surface area contributed by atoms with Crippen LogP contribution >= 0.6 is 11.3 Å². The van der Waals surface area contributed by atoms with Gasteiger partial charge in [-0.2, -0.15) is 4.31 Å². The number of hydrogen-bond donors (Lipinski definition) is 0. The van der Waals surface area contributed by atoms with Gasteiger partial charge in [0.2, 0.25) is 10.0 Å². The molecule has 0 aromatic carbocycles. The number of anilines is 1. The van der Waals surface area contributed by atoms with Crippen LogP contribution < -0.4 is 4.90 Å². The van der Waals surface area contributed by atoms with Gasteiger partial charge in [0, 0.05) is 77.1 Å². The minimum absolute atomic E-state index is 0.429. The first-order valence-corrected chi connectivity index (χ1v) is 21.1. The zero-order valence-electron chi connectivity index (χ0n) is 25.3. The molecule has 0 radical (unpaired) electrons. The molecular formula is C28H40N8O4S2Si. The number of ether oxygens (including phenoxy) is 2. The lowest BCUT2D eigenvalue weighted by Crippen LogP contribution is -2.47. The molecule has 2 saturated heterocycles. The maximum absolute atomic E-state index is 11.9. The Bertz CT molecular complexity index is 1690. The summed E-state index contributed by atoms with van der Waals surface area (Å²) in [5, 5.41) is 1.04. The van der Waals surface area contributed by atoms with E-state index in [9.17, 15) is 8.42 Å². The van der Waals surface area contributed by atoms with Gasteiger partial charge in [0.25, 0.3) is 0 Å². The quantitative estimate of drug-likeness (QED) is 0.188. The minimum atomic E-state index is -3.16. The van der Waals surface area contributed by atoms with Gasteiger partial charge >= 0.3 is 0 Å². The van der Waals surface area contributed by atoms with Gasteiger partial charge in [0.1, 0.15) is 22.9 Å². The van der Waals surface area contributed by atoms with Crippen molar-refractivity contribution in [3.05, 3.63) is 29.5 Å². The molecule has 43 heavy (non-hydrogen) atoms. The number of morpholine rings is 1. The van der Waals surface area contributed by atoms with Crippen LogP contribution in [0.25, 0.3) is 32.8 Å². The zero-order chi connectivity index (χ0) is 30.2. The first kappa shape index (κ1) is 30.5. The number of hydrogen-bond acceptors (Lipinski definition) is 11. The Morgan fingerprint density at radius 3 is 2.51 bits per heavy atom. The number of thiophene rings is 1. The first-order chi connectivity index (χ1) is 20.5. The summed E-state index contributed by atoms with van der Waals surface area (Å²) in [4.78, 5) is 26.1. The highest BCUT2D eigenvalue weighted by Crippen LogP contribution is 2.35. The van der Waals surface area contributed by atoms with Crippen LogP contribution in [0.2, 0.25) is 25.7 Å². The Balaban J connectivity index is 1.25. The molecule has 0 bridgehead atoms. The van der Waals surface area contributed by atoms with Crippen LogP contribution in [0.1, 0.15) is 4.88 Å². The topological polar surface area (TPSA) is 119 Å².